The molecule has 6 heteroatoms. The summed E-state index contributed by atoms with van der Waals surface area (Å²) in [6.45, 7) is 0. The minimum atomic E-state index is -0.425. The Morgan fingerprint density at radius 2 is 2.04 bits per heavy atom. The Balaban J connectivity index is 2.29. The molecule has 2 aromatic heterocycles. The fourth-order valence-electron chi connectivity index (χ4n) is 2.59. The number of aromatic nitrogens is 2. The molecule has 0 bridgehead atoms. The fourth-order valence-corrected chi connectivity index (χ4v) is 2.59. The molecule has 0 aliphatic rings. The molecule has 0 saturated heterocycles. The molecule has 5 nitrogen and oxygen atoms in total. The zero-order valence-corrected chi connectivity index (χ0v) is 13.2. The molecular formula is C18H15FN4O. The van der Waals surface area contributed by atoms with Gasteiger partial charge >= 0.3 is 0 Å². The summed E-state index contributed by atoms with van der Waals surface area (Å²) in [6, 6.07) is 9.80. The number of benzene rings is 1. The van der Waals surface area contributed by atoms with Crippen molar-refractivity contribution in [1.29, 1.82) is 5.26 Å². The molecule has 0 aliphatic carbocycles. The summed E-state index contributed by atoms with van der Waals surface area (Å²) < 4.78 is 20.9. The maximum Gasteiger partial charge on any atom is 0.142 e. The zero-order chi connectivity index (χ0) is 17.3. The Morgan fingerprint density at radius 3 is 2.67 bits per heavy atom. The number of nitrogens with zero attached hydrogens (tertiary/aromatic N) is 3. The second-order valence-corrected chi connectivity index (χ2v) is 5.34. The molecule has 0 amide bonds. The molecule has 0 spiro atoms. The van der Waals surface area contributed by atoms with Crippen LogP contribution >= 0.6 is 0 Å². The van der Waals surface area contributed by atoms with Crippen molar-refractivity contribution in [3.05, 3.63) is 54.1 Å². The van der Waals surface area contributed by atoms with Gasteiger partial charge in [-0.1, -0.05) is 0 Å². The highest BCUT2D eigenvalue weighted by Crippen LogP contribution is 2.36. The lowest BCUT2D eigenvalue weighted by molar-refractivity contribution is 0.415. The Hall–Kier alpha value is -3.33. The zero-order valence-electron chi connectivity index (χ0n) is 13.2. The second kappa shape index (κ2) is 6.05. The number of hydrogen-bond donors (Lipinski definition) is 1. The summed E-state index contributed by atoms with van der Waals surface area (Å²) in [4.78, 5) is 4.30. The number of anilines is 1. The maximum absolute atomic E-state index is 13.7. The van der Waals surface area contributed by atoms with Crippen LogP contribution in [0.25, 0.3) is 22.4 Å². The van der Waals surface area contributed by atoms with Crippen molar-refractivity contribution in [2.75, 3.05) is 12.8 Å². The summed E-state index contributed by atoms with van der Waals surface area (Å²) in [7, 11) is 3.39. The van der Waals surface area contributed by atoms with Crippen LogP contribution in [0.2, 0.25) is 0 Å². The van der Waals surface area contributed by atoms with E-state index >= 15 is 0 Å². The molecule has 2 heterocycles. The normalized spacial score (nSPS) is 10.4. The second-order valence-electron chi connectivity index (χ2n) is 5.34. The van der Waals surface area contributed by atoms with Crippen molar-refractivity contribution in [3.8, 4) is 34.2 Å². The Labute approximate surface area is 138 Å². The predicted molar refractivity (Wildman–Crippen MR) is 89.7 cm³/mol. The van der Waals surface area contributed by atoms with Crippen LogP contribution in [0, 0.1) is 17.1 Å². The summed E-state index contributed by atoms with van der Waals surface area (Å²) in [5, 5.41) is 9.45. The first-order valence-electron chi connectivity index (χ1n) is 7.20. The molecule has 24 heavy (non-hydrogen) atoms. The number of nitriles is 1. The van der Waals surface area contributed by atoms with Crippen LogP contribution in [0.1, 0.15) is 5.56 Å². The number of aryl methyl sites for hydroxylation is 1. The molecule has 0 aliphatic heterocycles. The number of halogens is 1. The van der Waals surface area contributed by atoms with Crippen LogP contribution in [0.4, 0.5) is 10.2 Å². The van der Waals surface area contributed by atoms with Crippen LogP contribution in [0.15, 0.2) is 42.7 Å². The first kappa shape index (κ1) is 15.6. The summed E-state index contributed by atoms with van der Waals surface area (Å²) in [5.41, 5.74) is 8.56. The van der Waals surface area contributed by atoms with Gasteiger partial charge in [-0.05, 0) is 30.3 Å². The van der Waals surface area contributed by atoms with Crippen LogP contribution < -0.4 is 10.5 Å². The predicted octanol–water partition coefficient (Wildman–Crippen LogP) is 3.36. The van der Waals surface area contributed by atoms with E-state index < -0.39 is 5.82 Å². The number of nitrogens with two attached hydrogens (primary N) is 1. The molecule has 3 rings (SSSR count). The SMILES string of the molecule is COc1ccc(F)cc1-c1cc(-c2ccn(C)c2)nc(N)c1C#N. The van der Waals surface area contributed by atoms with Gasteiger partial charge in [0.25, 0.3) is 0 Å². The topological polar surface area (TPSA) is 76.9 Å². The van der Waals surface area contributed by atoms with E-state index in [1.54, 1.807) is 6.07 Å². The van der Waals surface area contributed by atoms with Crippen molar-refractivity contribution in [2.45, 2.75) is 0 Å². The molecule has 0 fully saturated rings. The van der Waals surface area contributed by atoms with Gasteiger partial charge in [-0.2, -0.15) is 5.26 Å². The lowest BCUT2D eigenvalue weighted by Crippen LogP contribution is -2.00. The molecule has 120 valence electrons. The van der Waals surface area contributed by atoms with Gasteiger partial charge in [0, 0.05) is 36.1 Å². The van der Waals surface area contributed by atoms with Crippen LogP contribution in [-0.4, -0.2) is 16.7 Å². The summed E-state index contributed by atoms with van der Waals surface area (Å²) >= 11 is 0. The molecular weight excluding hydrogens is 307 g/mol. The van der Waals surface area contributed by atoms with E-state index in [0.29, 0.717) is 22.6 Å². The first-order chi connectivity index (χ1) is 11.5. The van der Waals surface area contributed by atoms with Gasteiger partial charge in [-0.3, -0.25) is 0 Å². The number of hydrogen-bond acceptors (Lipinski definition) is 4. The van der Waals surface area contributed by atoms with E-state index in [0.717, 1.165) is 5.56 Å². The van der Waals surface area contributed by atoms with Gasteiger partial charge in [0.05, 0.1) is 12.8 Å². The highest BCUT2D eigenvalue weighted by Gasteiger charge is 2.17. The van der Waals surface area contributed by atoms with Gasteiger partial charge < -0.3 is 15.0 Å². The summed E-state index contributed by atoms with van der Waals surface area (Å²) in [5.74, 6) is 0.129. The molecule has 0 saturated carbocycles. The third kappa shape index (κ3) is 2.68. The minimum absolute atomic E-state index is 0.0974. The lowest BCUT2D eigenvalue weighted by Gasteiger charge is -2.13. The van der Waals surface area contributed by atoms with E-state index in [4.69, 9.17) is 10.5 Å². The first-order valence-corrected chi connectivity index (χ1v) is 7.20. The van der Waals surface area contributed by atoms with E-state index in [-0.39, 0.29) is 11.4 Å². The monoisotopic (exact) mass is 322 g/mol. The van der Waals surface area contributed by atoms with Crippen molar-refractivity contribution in [1.82, 2.24) is 9.55 Å². The van der Waals surface area contributed by atoms with Crippen LogP contribution in [-0.2, 0) is 7.05 Å². The Kier molecular flexibility index (Phi) is 3.92. The fraction of sp³-hybridized carbons (Fsp3) is 0.111. The lowest BCUT2D eigenvalue weighted by atomic mass is 9.98. The van der Waals surface area contributed by atoms with Gasteiger partial charge in [0.2, 0.25) is 0 Å². The Morgan fingerprint density at radius 1 is 1.25 bits per heavy atom. The number of rotatable bonds is 3. The van der Waals surface area contributed by atoms with Gasteiger partial charge in [0.15, 0.2) is 0 Å². The third-order valence-electron chi connectivity index (χ3n) is 3.74. The van der Waals surface area contributed by atoms with Crippen molar-refractivity contribution in [3.63, 3.8) is 0 Å². The molecule has 0 unspecified atom stereocenters. The smallest absolute Gasteiger partial charge is 0.142 e. The van der Waals surface area contributed by atoms with Crippen LogP contribution in [0.5, 0.6) is 5.75 Å². The number of ether oxygens (including phenoxy) is 1. The molecule has 0 atom stereocenters. The van der Waals surface area contributed by atoms with Gasteiger partial charge in [-0.25, -0.2) is 9.37 Å². The highest BCUT2D eigenvalue weighted by molar-refractivity contribution is 5.83. The van der Waals surface area contributed by atoms with E-state index in [2.05, 4.69) is 4.98 Å². The van der Waals surface area contributed by atoms with Gasteiger partial charge in [-0.15, -0.1) is 0 Å². The number of methoxy groups -OCH3 is 1. The highest BCUT2D eigenvalue weighted by atomic mass is 19.1. The largest absolute Gasteiger partial charge is 0.496 e. The summed E-state index contributed by atoms with van der Waals surface area (Å²) in [6.07, 6.45) is 3.77. The maximum atomic E-state index is 13.7. The van der Waals surface area contributed by atoms with E-state index in [1.165, 1.54) is 25.3 Å². The minimum Gasteiger partial charge on any atom is -0.496 e. The number of pyridine rings is 1. The van der Waals surface area contributed by atoms with Crippen molar-refractivity contribution < 1.29 is 9.13 Å². The van der Waals surface area contributed by atoms with Crippen molar-refractivity contribution in [2.24, 2.45) is 7.05 Å². The molecule has 3 aromatic rings. The van der Waals surface area contributed by atoms with Crippen molar-refractivity contribution >= 4 is 5.82 Å². The molecule has 2 N–H and O–H groups in total. The van der Waals surface area contributed by atoms with Gasteiger partial charge in [0.1, 0.15) is 29.0 Å². The average Bonchev–Trinajstić information content (AvgIpc) is 3.00. The molecule has 1 aromatic carbocycles. The average molecular weight is 322 g/mol. The number of nitrogen functional groups attached to an aromatic ring is 1. The van der Waals surface area contributed by atoms with Crippen LogP contribution in [0.3, 0.4) is 0 Å². The van der Waals surface area contributed by atoms with E-state index in [1.807, 2.05) is 36.1 Å². The quantitative estimate of drug-likeness (QED) is 0.802. The molecule has 0 radical (unpaired) electrons. The third-order valence-corrected chi connectivity index (χ3v) is 3.74. The standard InChI is InChI=1S/C18H15FN4O/c1-23-6-5-11(10-23)16-8-13(15(9-20)18(21)22-16)14-7-12(19)3-4-17(14)24-2/h3-8,10H,1-2H3,(H2,21,22). The Bertz CT molecular complexity index is 956. The van der Waals surface area contributed by atoms with E-state index in [9.17, 15) is 9.65 Å².